The lowest BCUT2D eigenvalue weighted by Crippen LogP contribution is -2.37. The van der Waals surface area contributed by atoms with Crippen LogP contribution in [0.5, 0.6) is 0 Å². The Morgan fingerprint density at radius 2 is 2.14 bits per heavy atom. The molecule has 7 heteroatoms. The largest absolute Gasteiger partial charge is 0.466 e. The van der Waals surface area contributed by atoms with Gasteiger partial charge in [-0.05, 0) is 42.9 Å². The highest BCUT2D eigenvalue weighted by atomic mass is 19.1. The molecule has 1 N–H and O–H groups in total. The lowest BCUT2D eigenvalue weighted by atomic mass is 9.72. The predicted molar refractivity (Wildman–Crippen MR) is 106 cm³/mol. The smallest absolute Gasteiger partial charge is 0.309 e. The minimum Gasteiger partial charge on any atom is -0.466 e. The van der Waals surface area contributed by atoms with E-state index in [1.165, 1.54) is 12.1 Å². The summed E-state index contributed by atoms with van der Waals surface area (Å²) in [5.74, 6) is 0.452. The van der Waals surface area contributed by atoms with E-state index in [2.05, 4.69) is 22.1 Å². The van der Waals surface area contributed by atoms with Gasteiger partial charge in [0, 0.05) is 25.9 Å². The summed E-state index contributed by atoms with van der Waals surface area (Å²) < 4.78 is 18.6. The third-order valence-electron chi connectivity index (χ3n) is 6.08. The molecule has 0 radical (unpaired) electrons. The third kappa shape index (κ3) is 3.91. The Morgan fingerprint density at radius 3 is 2.93 bits per heavy atom. The zero-order chi connectivity index (χ0) is 20.5. The first-order valence-electron chi connectivity index (χ1n) is 10.2. The fourth-order valence-electron chi connectivity index (χ4n) is 4.63. The predicted octanol–water partition coefficient (Wildman–Crippen LogP) is 3.09. The van der Waals surface area contributed by atoms with E-state index >= 15 is 0 Å². The molecule has 4 rings (SSSR count). The van der Waals surface area contributed by atoms with Crippen LogP contribution in [0, 0.1) is 29.5 Å². The Bertz CT molecular complexity index is 954. The van der Waals surface area contributed by atoms with E-state index < -0.39 is 0 Å². The number of hydrogen-bond acceptors (Lipinski definition) is 4. The molecule has 1 aliphatic heterocycles. The van der Waals surface area contributed by atoms with Crippen LogP contribution in [-0.4, -0.2) is 46.4 Å². The van der Waals surface area contributed by atoms with Crippen molar-refractivity contribution in [2.24, 2.45) is 23.7 Å². The van der Waals surface area contributed by atoms with Crippen LogP contribution in [0.3, 0.4) is 0 Å². The van der Waals surface area contributed by atoms with Crippen molar-refractivity contribution in [2.75, 3.05) is 19.7 Å². The second-order valence-corrected chi connectivity index (χ2v) is 7.99. The summed E-state index contributed by atoms with van der Waals surface area (Å²) in [4.78, 5) is 34.6. The van der Waals surface area contributed by atoms with E-state index in [0.29, 0.717) is 49.4 Å². The lowest BCUT2D eigenvalue weighted by Gasteiger charge is -2.31. The number of ether oxygens (including phenoxy) is 1. The van der Waals surface area contributed by atoms with Crippen LogP contribution < -0.4 is 0 Å². The molecule has 4 atom stereocenters. The minimum absolute atomic E-state index is 0.0506. The number of aromatic nitrogens is 2. The Balaban J connectivity index is 1.39. The second kappa shape index (κ2) is 7.97. The number of hydrogen-bond donors (Lipinski definition) is 1. The number of H-pyrrole nitrogens is 1. The van der Waals surface area contributed by atoms with Crippen LogP contribution in [0.2, 0.25) is 0 Å². The number of allylic oxidation sites excluding steroid dienone is 1. The van der Waals surface area contributed by atoms with Gasteiger partial charge in [0.25, 0.3) is 0 Å². The molecular weight excluding hydrogens is 373 g/mol. The summed E-state index contributed by atoms with van der Waals surface area (Å²) in [6.45, 7) is 5.42. The molecule has 2 heterocycles. The van der Waals surface area contributed by atoms with Crippen molar-refractivity contribution in [3.05, 3.63) is 42.0 Å². The van der Waals surface area contributed by atoms with Crippen molar-refractivity contribution in [3.8, 4) is 0 Å². The number of esters is 1. The molecule has 2 aromatic rings. The van der Waals surface area contributed by atoms with E-state index in [-0.39, 0.29) is 41.4 Å². The number of rotatable bonds is 5. The molecule has 154 valence electrons. The molecule has 0 unspecified atom stereocenters. The van der Waals surface area contributed by atoms with Crippen molar-refractivity contribution in [1.82, 2.24) is 14.9 Å². The maximum absolute atomic E-state index is 13.3. The Kier molecular flexibility index (Phi) is 5.39. The summed E-state index contributed by atoms with van der Waals surface area (Å²) >= 11 is 0. The maximum atomic E-state index is 13.3. The van der Waals surface area contributed by atoms with Crippen molar-refractivity contribution in [2.45, 2.75) is 26.7 Å². The van der Waals surface area contributed by atoms with Gasteiger partial charge in [-0.25, -0.2) is 9.37 Å². The van der Waals surface area contributed by atoms with Crippen LogP contribution >= 0.6 is 0 Å². The molecule has 2 aliphatic rings. The quantitative estimate of drug-likeness (QED) is 0.619. The van der Waals surface area contributed by atoms with Gasteiger partial charge in [-0.3, -0.25) is 9.59 Å². The Hall–Kier alpha value is -2.70. The number of nitrogens with zero attached hydrogens (tertiary/aromatic N) is 2. The number of amides is 1. The summed E-state index contributed by atoms with van der Waals surface area (Å²) in [7, 11) is 0. The first kappa shape index (κ1) is 19.6. The number of nitrogens with one attached hydrogen (secondary N) is 1. The first-order valence-corrected chi connectivity index (χ1v) is 10.2. The number of benzene rings is 1. The monoisotopic (exact) mass is 399 g/mol. The average Bonchev–Trinajstić information content (AvgIpc) is 3.29. The van der Waals surface area contributed by atoms with Crippen LogP contribution in [0.4, 0.5) is 4.39 Å². The topological polar surface area (TPSA) is 75.3 Å². The molecule has 0 saturated carbocycles. The van der Waals surface area contributed by atoms with E-state index in [4.69, 9.17) is 4.74 Å². The van der Waals surface area contributed by atoms with Crippen molar-refractivity contribution in [3.63, 3.8) is 0 Å². The lowest BCUT2D eigenvalue weighted by molar-refractivity contribution is -0.152. The number of imidazole rings is 1. The molecule has 1 aromatic heterocycles. The van der Waals surface area contributed by atoms with Crippen LogP contribution in [0.25, 0.3) is 11.0 Å². The fourth-order valence-corrected chi connectivity index (χ4v) is 4.63. The standard InChI is InChI=1S/C22H26FN3O3/c1-3-29-22(28)21-13(2)4-5-14-11-26(12-16(14)21)20(27)9-8-19-24-17-7-6-15(23)10-18(17)25-19/h4-7,10,13-14,16,21H,3,8-9,11-12H2,1-2H3,(H,24,25)/t13-,14-,16-,21-/m0/s1. The first-order chi connectivity index (χ1) is 14.0. The van der Waals surface area contributed by atoms with Gasteiger partial charge in [-0.1, -0.05) is 19.1 Å². The molecule has 29 heavy (non-hydrogen) atoms. The minimum atomic E-state index is -0.318. The normalized spacial score (nSPS) is 26.0. The van der Waals surface area contributed by atoms with Crippen molar-refractivity contribution in [1.29, 1.82) is 0 Å². The fraction of sp³-hybridized carbons (Fsp3) is 0.500. The number of likely N-dealkylation sites (tertiary alicyclic amines) is 1. The van der Waals surface area contributed by atoms with E-state index in [1.807, 2.05) is 18.7 Å². The van der Waals surface area contributed by atoms with Crippen molar-refractivity contribution < 1.29 is 18.7 Å². The van der Waals surface area contributed by atoms with Gasteiger partial charge < -0.3 is 14.6 Å². The molecule has 1 amide bonds. The van der Waals surface area contributed by atoms with E-state index in [1.54, 1.807) is 6.07 Å². The number of carbonyl (C=O) groups excluding carboxylic acids is 2. The molecule has 0 bridgehead atoms. The number of carbonyl (C=O) groups is 2. The number of fused-ring (bicyclic) bond motifs is 2. The van der Waals surface area contributed by atoms with Gasteiger partial charge in [-0.15, -0.1) is 0 Å². The van der Waals surface area contributed by atoms with E-state index in [0.717, 1.165) is 0 Å². The maximum Gasteiger partial charge on any atom is 0.309 e. The van der Waals surface area contributed by atoms with Gasteiger partial charge in [0.05, 0.1) is 23.6 Å². The highest BCUT2D eigenvalue weighted by Crippen LogP contribution is 2.40. The van der Waals surface area contributed by atoms with Crippen molar-refractivity contribution >= 4 is 22.9 Å². The van der Waals surface area contributed by atoms with Gasteiger partial charge in [0.2, 0.25) is 5.91 Å². The number of halogens is 1. The Morgan fingerprint density at radius 1 is 1.31 bits per heavy atom. The summed E-state index contributed by atoms with van der Waals surface area (Å²) in [6, 6.07) is 4.40. The van der Waals surface area contributed by atoms with Crippen LogP contribution in [0.1, 0.15) is 26.1 Å². The summed E-state index contributed by atoms with van der Waals surface area (Å²) in [5, 5.41) is 0. The third-order valence-corrected chi connectivity index (χ3v) is 6.08. The van der Waals surface area contributed by atoms with Crippen LogP contribution in [0.15, 0.2) is 30.4 Å². The highest BCUT2D eigenvalue weighted by Gasteiger charge is 2.45. The average molecular weight is 399 g/mol. The molecular formula is C22H26FN3O3. The SMILES string of the molecule is CCOC(=O)[C@@H]1[C@H]2CN(C(=O)CCc3nc4ccc(F)cc4[nH]3)C[C@@H]2C=C[C@@H]1C. The van der Waals surface area contributed by atoms with Gasteiger partial charge in [0.15, 0.2) is 0 Å². The molecule has 1 saturated heterocycles. The zero-order valence-electron chi connectivity index (χ0n) is 16.7. The van der Waals surface area contributed by atoms with E-state index in [9.17, 15) is 14.0 Å². The molecule has 1 fully saturated rings. The number of aromatic amines is 1. The summed E-state index contributed by atoms with van der Waals surface area (Å²) in [5.41, 5.74) is 1.33. The Labute approximate surface area is 169 Å². The highest BCUT2D eigenvalue weighted by molar-refractivity contribution is 5.78. The number of aryl methyl sites for hydroxylation is 1. The van der Waals surface area contributed by atoms with Crippen LogP contribution in [-0.2, 0) is 20.7 Å². The molecule has 1 aliphatic carbocycles. The zero-order valence-corrected chi connectivity index (χ0v) is 16.7. The second-order valence-electron chi connectivity index (χ2n) is 7.99. The summed E-state index contributed by atoms with van der Waals surface area (Å²) in [6.07, 6.45) is 5.01. The molecule has 0 spiro atoms. The molecule has 1 aromatic carbocycles. The van der Waals surface area contributed by atoms with Gasteiger partial charge >= 0.3 is 5.97 Å². The molecule has 6 nitrogen and oxygen atoms in total. The van der Waals surface area contributed by atoms with Gasteiger partial charge in [0.1, 0.15) is 11.6 Å². The van der Waals surface area contributed by atoms with Gasteiger partial charge in [-0.2, -0.15) is 0 Å².